The van der Waals surface area contributed by atoms with E-state index in [1.54, 1.807) is 0 Å². The van der Waals surface area contributed by atoms with Gasteiger partial charge in [0.1, 0.15) is 18.9 Å². The van der Waals surface area contributed by atoms with E-state index < -0.39 is 16.4 Å². The SMILES string of the molecule is CN(CCOc1cccc(CNC(=O)Cn2cc([N+](=O)[O-])ccc2=O)c1)C1CCOCC1. The second kappa shape index (κ2) is 11.4. The molecule has 1 aromatic heterocycles. The molecule has 10 nitrogen and oxygen atoms in total. The van der Waals surface area contributed by atoms with Gasteiger partial charge in [0.15, 0.2) is 0 Å². The van der Waals surface area contributed by atoms with Gasteiger partial charge in [-0.15, -0.1) is 0 Å². The van der Waals surface area contributed by atoms with E-state index in [1.165, 1.54) is 0 Å². The molecule has 1 aliphatic heterocycles. The monoisotopic (exact) mass is 444 g/mol. The average molecular weight is 444 g/mol. The Labute approximate surface area is 185 Å². The van der Waals surface area contributed by atoms with Gasteiger partial charge >= 0.3 is 0 Å². The molecule has 0 atom stereocenters. The number of amides is 1. The molecule has 0 saturated carbocycles. The standard InChI is InChI=1S/C22H28N4O6/c1-24(18-7-10-31-11-8-18)9-12-32-20-4-2-3-17(13-20)14-23-21(27)16-25-15-19(26(29)30)5-6-22(25)28/h2-6,13,15,18H,7-12,14,16H2,1H3,(H,23,27). The van der Waals surface area contributed by atoms with Gasteiger partial charge in [0.05, 0.1) is 11.1 Å². The number of rotatable bonds is 10. The van der Waals surface area contributed by atoms with Crippen LogP contribution in [0.3, 0.4) is 0 Å². The lowest BCUT2D eigenvalue weighted by molar-refractivity contribution is -0.385. The van der Waals surface area contributed by atoms with Crippen LogP contribution in [0.25, 0.3) is 0 Å². The predicted molar refractivity (Wildman–Crippen MR) is 118 cm³/mol. The smallest absolute Gasteiger partial charge is 0.285 e. The van der Waals surface area contributed by atoms with Crippen LogP contribution in [0.4, 0.5) is 5.69 Å². The molecule has 3 rings (SSSR count). The van der Waals surface area contributed by atoms with Crippen molar-refractivity contribution in [3.8, 4) is 5.75 Å². The van der Waals surface area contributed by atoms with E-state index in [9.17, 15) is 19.7 Å². The number of ether oxygens (including phenoxy) is 2. The third-order valence-electron chi connectivity index (χ3n) is 5.41. The van der Waals surface area contributed by atoms with Gasteiger partial charge in [-0.1, -0.05) is 12.1 Å². The number of nitrogens with zero attached hydrogens (tertiary/aromatic N) is 3. The highest BCUT2D eigenvalue weighted by Crippen LogP contribution is 2.15. The summed E-state index contributed by atoms with van der Waals surface area (Å²) in [6.45, 7) is 2.93. The summed E-state index contributed by atoms with van der Waals surface area (Å²) < 4.78 is 12.3. The first kappa shape index (κ1) is 23.4. The van der Waals surface area contributed by atoms with Crippen molar-refractivity contribution in [3.05, 3.63) is 68.6 Å². The lowest BCUT2D eigenvalue weighted by Crippen LogP contribution is -2.38. The van der Waals surface area contributed by atoms with Crippen molar-refractivity contribution in [2.45, 2.75) is 32.0 Å². The minimum atomic E-state index is -0.610. The summed E-state index contributed by atoms with van der Waals surface area (Å²) in [5, 5.41) is 13.6. The van der Waals surface area contributed by atoms with Crippen molar-refractivity contribution < 1.29 is 19.2 Å². The summed E-state index contributed by atoms with van der Waals surface area (Å²) in [7, 11) is 2.10. The van der Waals surface area contributed by atoms with Crippen LogP contribution in [0.1, 0.15) is 18.4 Å². The second-order valence-corrected chi connectivity index (χ2v) is 7.71. The van der Waals surface area contributed by atoms with Gasteiger partial charge in [-0.05, 0) is 37.6 Å². The van der Waals surface area contributed by atoms with E-state index in [4.69, 9.17) is 9.47 Å². The van der Waals surface area contributed by atoms with Gasteiger partial charge in [-0.3, -0.25) is 29.2 Å². The quantitative estimate of drug-likeness (QED) is 0.437. The van der Waals surface area contributed by atoms with E-state index in [2.05, 4.69) is 17.3 Å². The van der Waals surface area contributed by atoms with Crippen molar-refractivity contribution in [1.82, 2.24) is 14.8 Å². The third-order valence-corrected chi connectivity index (χ3v) is 5.41. The zero-order valence-electron chi connectivity index (χ0n) is 18.1. The Balaban J connectivity index is 1.46. The summed E-state index contributed by atoms with van der Waals surface area (Å²) in [5.74, 6) is 0.295. The van der Waals surface area contributed by atoms with Crippen molar-refractivity contribution in [2.75, 3.05) is 33.4 Å². The van der Waals surface area contributed by atoms with Gasteiger partial charge in [-0.2, -0.15) is 0 Å². The number of nitrogens with one attached hydrogen (secondary N) is 1. The molecule has 10 heteroatoms. The Morgan fingerprint density at radius 3 is 2.84 bits per heavy atom. The van der Waals surface area contributed by atoms with Crippen molar-refractivity contribution in [3.63, 3.8) is 0 Å². The van der Waals surface area contributed by atoms with E-state index in [1.807, 2.05) is 24.3 Å². The van der Waals surface area contributed by atoms with Crippen LogP contribution in [0.5, 0.6) is 5.75 Å². The molecule has 1 aliphatic rings. The molecule has 32 heavy (non-hydrogen) atoms. The number of carbonyl (C=O) groups excluding carboxylic acids is 1. The van der Waals surface area contributed by atoms with Crippen molar-refractivity contribution in [2.24, 2.45) is 0 Å². The number of likely N-dealkylation sites (N-methyl/N-ethyl adjacent to an activating group) is 1. The first-order valence-corrected chi connectivity index (χ1v) is 10.5. The Morgan fingerprint density at radius 1 is 1.31 bits per heavy atom. The molecule has 0 unspecified atom stereocenters. The van der Waals surface area contributed by atoms with Crippen molar-refractivity contribution in [1.29, 1.82) is 0 Å². The number of aromatic nitrogens is 1. The van der Waals surface area contributed by atoms with Crippen LogP contribution in [-0.4, -0.2) is 59.8 Å². The largest absolute Gasteiger partial charge is 0.492 e. The molecule has 0 bridgehead atoms. The van der Waals surface area contributed by atoms with E-state index >= 15 is 0 Å². The molecule has 1 saturated heterocycles. The fourth-order valence-electron chi connectivity index (χ4n) is 3.52. The van der Waals surface area contributed by atoms with Gasteiger partial charge in [0.2, 0.25) is 5.91 Å². The summed E-state index contributed by atoms with van der Waals surface area (Å²) in [4.78, 5) is 36.6. The maximum absolute atomic E-state index is 12.2. The number of hydrogen-bond donors (Lipinski definition) is 1. The molecule has 1 fully saturated rings. The fourth-order valence-corrected chi connectivity index (χ4v) is 3.52. The fraction of sp³-hybridized carbons (Fsp3) is 0.455. The van der Waals surface area contributed by atoms with Crippen LogP contribution >= 0.6 is 0 Å². The molecule has 1 N–H and O–H groups in total. The molecule has 0 radical (unpaired) electrons. The van der Waals surface area contributed by atoms with Crippen LogP contribution in [-0.2, 0) is 22.6 Å². The molecule has 1 amide bonds. The van der Waals surface area contributed by atoms with E-state index in [0.29, 0.717) is 18.4 Å². The van der Waals surface area contributed by atoms with Gasteiger partial charge in [0, 0.05) is 44.5 Å². The molecular weight excluding hydrogens is 416 g/mol. The highest BCUT2D eigenvalue weighted by atomic mass is 16.6. The topological polar surface area (TPSA) is 116 Å². The summed E-state index contributed by atoms with van der Waals surface area (Å²) in [5.41, 5.74) is 0.122. The first-order chi connectivity index (χ1) is 15.4. The van der Waals surface area contributed by atoms with Crippen LogP contribution in [0.15, 0.2) is 47.4 Å². The maximum atomic E-state index is 12.2. The molecular formula is C22H28N4O6. The van der Waals surface area contributed by atoms with E-state index in [0.717, 1.165) is 61.1 Å². The van der Waals surface area contributed by atoms with Crippen LogP contribution < -0.4 is 15.6 Å². The Morgan fingerprint density at radius 2 is 2.09 bits per heavy atom. The summed E-state index contributed by atoms with van der Waals surface area (Å²) >= 11 is 0. The zero-order valence-corrected chi connectivity index (χ0v) is 18.1. The molecule has 0 aliphatic carbocycles. The minimum Gasteiger partial charge on any atom is -0.492 e. The number of pyridine rings is 1. The molecule has 172 valence electrons. The van der Waals surface area contributed by atoms with Crippen LogP contribution in [0.2, 0.25) is 0 Å². The molecule has 1 aromatic carbocycles. The third kappa shape index (κ3) is 6.89. The number of benzene rings is 1. The average Bonchev–Trinajstić information content (AvgIpc) is 2.80. The molecule has 2 heterocycles. The maximum Gasteiger partial charge on any atom is 0.285 e. The second-order valence-electron chi connectivity index (χ2n) is 7.71. The lowest BCUT2D eigenvalue weighted by atomic mass is 10.1. The Kier molecular flexibility index (Phi) is 8.34. The number of carbonyl (C=O) groups is 1. The first-order valence-electron chi connectivity index (χ1n) is 10.5. The lowest BCUT2D eigenvalue weighted by Gasteiger charge is -2.31. The summed E-state index contributed by atoms with van der Waals surface area (Å²) in [6, 6.07) is 10.1. The number of hydrogen-bond acceptors (Lipinski definition) is 7. The Bertz CT molecular complexity index is 986. The normalized spacial score (nSPS) is 14.3. The molecule has 2 aromatic rings. The highest BCUT2D eigenvalue weighted by Gasteiger charge is 2.18. The minimum absolute atomic E-state index is 0.246. The molecule has 0 spiro atoms. The van der Waals surface area contributed by atoms with Gasteiger partial charge in [0.25, 0.3) is 11.2 Å². The summed E-state index contributed by atoms with van der Waals surface area (Å²) in [6.07, 6.45) is 3.13. The highest BCUT2D eigenvalue weighted by molar-refractivity contribution is 5.75. The van der Waals surface area contributed by atoms with Gasteiger partial charge < -0.3 is 14.8 Å². The predicted octanol–water partition coefficient (Wildman–Crippen LogP) is 1.56. The van der Waals surface area contributed by atoms with Gasteiger partial charge in [-0.25, -0.2) is 0 Å². The van der Waals surface area contributed by atoms with Crippen molar-refractivity contribution >= 4 is 11.6 Å². The zero-order chi connectivity index (χ0) is 22.9. The number of nitro groups is 1. The van der Waals surface area contributed by atoms with Crippen LogP contribution in [0, 0.1) is 10.1 Å². The Hall–Kier alpha value is -3.24. The van der Waals surface area contributed by atoms with E-state index in [-0.39, 0.29) is 18.8 Å².